The van der Waals surface area contributed by atoms with Gasteiger partial charge in [-0.05, 0) is 42.8 Å². The normalized spacial score (nSPS) is 10.6. The number of rotatable bonds is 3. The second-order valence-electron chi connectivity index (χ2n) is 4.18. The third-order valence-electron chi connectivity index (χ3n) is 2.52. The Morgan fingerprint density at radius 2 is 2.16 bits per heavy atom. The van der Waals surface area contributed by atoms with Gasteiger partial charge in [0.15, 0.2) is 0 Å². The molecule has 0 atom stereocenters. The van der Waals surface area contributed by atoms with E-state index in [4.69, 9.17) is 5.73 Å². The molecule has 1 aromatic heterocycles. The maximum Gasteiger partial charge on any atom is 0.248 e. The average Bonchev–Trinajstić information content (AvgIpc) is 2.39. The maximum absolute atomic E-state index is 11.7. The number of carbonyl (C=O) groups excluding carboxylic acids is 1. The number of nitrogen functional groups attached to an aromatic ring is 1. The molecular weight excluding hydrogens is 238 g/mol. The molecule has 1 aromatic carbocycles. The van der Waals surface area contributed by atoms with Gasteiger partial charge in [-0.1, -0.05) is 12.1 Å². The lowest BCUT2D eigenvalue weighted by Gasteiger charge is -2.01. The highest BCUT2D eigenvalue weighted by Crippen LogP contribution is 2.09. The van der Waals surface area contributed by atoms with Crippen LogP contribution in [0.1, 0.15) is 11.3 Å². The van der Waals surface area contributed by atoms with Crippen LogP contribution in [0.5, 0.6) is 0 Å². The molecule has 2 aromatic rings. The van der Waals surface area contributed by atoms with Gasteiger partial charge < -0.3 is 11.1 Å². The van der Waals surface area contributed by atoms with Gasteiger partial charge in [-0.15, -0.1) is 0 Å². The highest BCUT2D eigenvalue weighted by atomic mass is 16.1. The number of aromatic nitrogens is 1. The molecule has 0 radical (unpaired) electrons. The fourth-order valence-electron chi connectivity index (χ4n) is 1.56. The summed E-state index contributed by atoms with van der Waals surface area (Å²) in [6, 6.07) is 11.0. The van der Waals surface area contributed by atoms with Crippen LogP contribution in [-0.2, 0) is 4.79 Å². The van der Waals surface area contributed by atoms with E-state index >= 15 is 0 Å². The van der Waals surface area contributed by atoms with Gasteiger partial charge >= 0.3 is 0 Å². The largest absolute Gasteiger partial charge is 0.399 e. The third-order valence-corrected chi connectivity index (χ3v) is 2.52. The van der Waals surface area contributed by atoms with Crippen molar-refractivity contribution in [3.8, 4) is 0 Å². The monoisotopic (exact) mass is 253 g/mol. The van der Waals surface area contributed by atoms with Crippen molar-refractivity contribution in [3.05, 3.63) is 59.9 Å². The lowest BCUT2D eigenvalue weighted by molar-refractivity contribution is -0.111. The minimum absolute atomic E-state index is 0.201. The highest BCUT2D eigenvalue weighted by molar-refractivity contribution is 6.01. The zero-order valence-electron chi connectivity index (χ0n) is 10.6. The Bertz CT molecular complexity index is 603. The van der Waals surface area contributed by atoms with Crippen LogP contribution >= 0.6 is 0 Å². The van der Waals surface area contributed by atoms with Crippen LogP contribution in [0.3, 0.4) is 0 Å². The Morgan fingerprint density at radius 3 is 2.84 bits per heavy atom. The summed E-state index contributed by atoms with van der Waals surface area (Å²) in [5, 5.41) is 2.73. The van der Waals surface area contributed by atoms with Gasteiger partial charge in [0.1, 0.15) is 0 Å². The number of aryl methyl sites for hydroxylation is 1. The Labute approximate surface area is 112 Å². The van der Waals surface area contributed by atoms with Crippen LogP contribution in [0, 0.1) is 6.92 Å². The van der Waals surface area contributed by atoms with Gasteiger partial charge in [0.05, 0.1) is 11.9 Å². The van der Waals surface area contributed by atoms with Gasteiger partial charge in [-0.25, -0.2) is 0 Å². The summed E-state index contributed by atoms with van der Waals surface area (Å²) in [5.41, 5.74) is 8.80. The van der Waals surface area contributed by atoms with E-state index in [1.54, 1.807) is 24.4 Å². The molecule has 0 aliphatic carbocycles. The number of nitrogens with one attached hydrogen (secondary N) is 1. The van der Waals surface area contributed by atoms with Crippen molar-refractivity contribution in [2.75, 3.05) is 11.1 Å². The van der Waals surface area contributed by atoms with Gasteiger partial charge in [0.25, 0.3) is 0 Å². The Morgan fingerprint density at radius 1 is 1.32 bits per heavy atom. The molecule has 0 spiro atoms. The van der Waals surface area contributed by atoms with Gasteiger partial charge in [0.2, 0.25) is 5.91 Å². The van der Waals surface area contributed by atoms with Crippen LogP contribution in [0.25, 0.3) is 6.08 Å². The third kappa shape index (κ3) is 3.96. The molecule has 0 saturated heterocycles. The number of carbonyl (C=O) groups is 1. The number of hydrogen-bond acceptors (Lipinski definition) is 3. The quantitative estimate of drug-likeness (QED) is 0.652. The van der Waals surface area contributed by atoms with Crippen molar-refractivity contribution in [2.24, 2.45) is 0 Å². The second kappa shape index (κ2) is 5.82. The van der Waals surface area contributed by atoms with E-state index in [0.717, 1.165) is 11.3 Å². The molecule has 0 fully saturated rings. The molecule has 4 heteroatoms. The topological polar surface area (TPSA) is 68.0 Å². The lowest BCUT2D eigenvalue weighted by atomic mass is 10.2. The molecule has 0 aliphatic heterocycles. The van der Waals surface area contributed by atoms with E-state index in [-0.39, 0.29) is 5.91 Å². The molecule has 0 bridgehead atoms. The van der Waals surface area contributed by atoms with Crippen LogP contribution in [0.15, 0.2) is 48.7 Å². The number of amides is 1. The van der Waals surface area contributed by atoms with Gasteiger partial charge in [0, 0.05) is 17.5 Å². The van der Waals surface area contributed by atoms with E-state index in [9.17, 15) is 4.79 Å². The molecule has 2 rings (SSSR count). The Hall–Kier alpha value is -2.62. The fraction of sp³-hybridized carbons (Fsp3) is 0.0667. The predicted molar refractivity (Wildman–Crippen MR) is 77.5 cm³/mol. The summed E-state index contributed by atoms with van der Waals surface area (Å²) in [7, 11) is 0. The molecule has 1 heterocycles. The standard InChI is InChI=1S/C15H15N3O/c1-11-5-7-14(10-17-11)18-15(19)8-6-12-3-2-4-13(16)9-12/h2-10H,16H2,1H3,(H,18,19)/b8-6+. The predicted octanol–water partition coefficient (Wildman–Crippen LogP) is 2.62. The first-order valence-electron chi connectivity index (χ1n) is 5.91. The van der Waals surface area contributed by atoms with E-state index in [2.05, 4.69) is 10.3 Å². The first-order chi connectivity index (χ1) is 9.13. The zero-order valence-corrected chi connectivity index (χ0v) is 10.6. The molecule has 0 aliphatic rings. The molecule has 0 saturated carbocycles. The van der Waals surface area contributed by atoms with Crippen LogP contribution in [0.4, 0.5) is 11.4 Å². The molecule has 19 heavy (non-hydrogen) atoms. The Balaban J connectivity index is 1.99. The smallest absolute Gasteiger partial charge is 0.248 e. The van der Waals surface area contributed by atoms with Crippen LogP contribution < -0.4 is 11.1 Å². The number of nitrogens with two attached hydrogens (primary N) is 1. The first-order valence-corrected chi connectivity index (χ1v) is 5.91. The number of hydrogen-bond donors (Lipinski definition) is 2. The van der Waals surface area contributed by atoms with Crippen molar-refractivity contribution in [1.29, 1.82) is 0 Å². The zero-order chi connectivity index (χ0) is 13.7. The number of nitrogens with zero attached hydrogens (tertiary/aromatic N) is 1. The SMILES string of the molecule is Cc1ccc(NC(=O)/C=C/c2cccc(N)c2)cn1. The Kier molecular flexibility index (Phi) is 3.93. The van der Waals surface area contributed by atoms with Gasteiger partial charge in [-0.2, -0.15) is 0 Å². The van der Waals surface area contributed by atoms with Crippen molar-refractivity contribution >= 4 is 23.4 Å². The number of anilines is 2. The fourth-order valence-corrected chi connectivity index (χ4v) is 1.56. The minimum Gasteiger partial charge on any atom is -0.399 e. The molecule has 4 nitrogen and oxygen atoms in total. The summed E-state index contributed by atoms with van der Waals surface area (Å²) in [6.07, 6.45) is 4.81. The van der Waals surface area contributed by atoms with E-state index in [0.29, 0.717) is 11.4 Å². The van der Waals surface area contributed by atoms with Crippen LogP contribution in [-0.4, -0.2) is 10.9 Å². The highest BCUT2D eigenvalue weighted by Gasteiger charge is 1.98. The van der Waals surface area contributed by atoms with Gasteiger partial charge in [-0.3, -0.25) is 9.78 Å². The molecule has 1 amide bonds. The van der Waals surface area contributed by atoms with Crippen LogP contribution in [0.2, 0.25) is 0 Å². The molecular formula is C15H15N3O. The maximum atomic E-state index is 11.7. The number of pyridine rings is 1. The molecule has 0 unspecified atom stereocenters. The van der Waals surface area contributed by atoms with Crippen molar-refractivity contribution in [1.82, 2.24) is 4.98 Å². The van der Waals surface area contributed by atoms with Crippen molar-refractivity contribution < 1.29 is 4.79 Å². The molecule has 3 N–H and O–H groups in total. The number of benzene rings is 1. The van der Waals surface area contributed by atoms with E-state index in [1.807, 2.05) is 31.2 Å². The van der Waals surface area contributed by atoms with Crippen molar-refractivity contribution in [3.63, 3.8) is 0 Å². The lowest BCUT2D eigenvalue weighted by Crippen LogP contribution is -2.07. The second-order valence-corrected chi connectivity index (χ2v) is 4.18. The minimum atomic E-state index is -0.201. The molecule has 96 valence electrons. The summed E-state index contributed by atoms with van der Waals surface area (Å²) >= 11 is 0. The van der Waals surface area contributed by atoms with E-state index in [1.165, 1.54) is 6.08 Å². The summed E-state index contributed by atoms with van der Waals surface area (Å²) in [6.45, 7) is 1.89. The summed E-state index contributed by atoms with van der Waals surface area (Å²) < 4.78 is 0. The summed E-state index contributed by atoms with van der Waals surface area (Å²) in [4.78, 5) is 15.8. The summed E-state index contributed by atoms with van der Waals surface area (Å²) in [5.74, 6) is -0.201. The first kappa shape index (κ1) is 12.8. The van der Waals surface area contributed by atoms with E-state index < -0.39 is 0 Å². The van der Waals surface area contributed by atoms with Crippen molar-refractivity contribution in [2.45, 2.75) is 6.92 Å². The average molecular weight is 253 g/mol.